The molecular formula is C43H72N4O4. The van der Waals surface area contributed by atoms with Gasteiger partial charge in [0.1, 0.15) is 11.5 Å². The maximum atomic E-state index is 13.8. The lowest BCUT2D eigenvalue weighted by atomic mass is 9.78. The normalized spacial score (nSPS) is 13.3. The number of carbonyl (C=O) groups excluding carboxylic acids is 2. The quantitative estimate of drug-likeness (QED) is 0.0884. The summed E-state index contributed by atoms with van der Waals surface area (Å²) >= 11 is 0. The fourth-order valence-corrected chi connectivity index (χ4v) is 6.49. The Bertz CT molecular complexity index is 1380. The first-order chi connectivity index (χ1) is 23.4. The molecule has 2 rings (SSSR count). The van der Waals surface area contributed by atoms with Gasteiger partial charge in [0, 0.05) is 25.9 Å². The van der Waals surface area contributed by atoms with E-state index in [1.165, 1.54) is 0 Å². The summed E-state index contributed by atoms with van der Waals surface area (Å²) < 4.78 is 0. The molecule has 0 bridgehead atoms. The minimum absolute atomic E-state index is 0.00743. The van der Waals surface area contributed by atoms with Crippen LogP contribution in [-0.4, -0.2) is 52.7 Å². The van der Waals surface area contributed by atoms with Crippen molar-refractivity contribution in [3.63, 3.8) is 0 Å². The average molecular weight is 709 g/mol. The largest absolute Gasteiger partial charge is 0.507 e. The number of unbranched alkanes of at least 4 members (excludes halogenated alkanes) is 2. The van der Waals surface area contributed by atoms with Crippen LogP contribution < -0.4 is 16.8 Å². The minimum Gasteiger partial charge on any atom is -0.507 e. The predicted molar refractivity (Wildman–Crippen MR) is 212 cm³/mol. The van der Waals surface area contributed by atoms with Gasteiger partial charge in [-0.15, -0.1) is 0 Å². The summed E-state index contributed by atoms with van der Waals surface area (Å²) in [5.74, 6) is 0.623. The molecule has 7 N–H and O–H groups in total. The van der Waals surface area contributed by atoms with Crippen molar-refractivity contribution in [3.8, 4) is 11.5 Å². The van der Waals surface area contributed by atoms with Gasteiger partial charge >= 0.3 is 0 Å². The molecule has 0 aromatic heterocycles. The number of rotatable bonds is 16. The van der Waals surface area contributed by atoms with Crippen molar-refractivity contribution in [1.29, 1.82) is 0 Å². The Balaban J connectivity index is 2.11. The summed E-state index contributed by atoms with van der Waals surface area (Å²) in [6.45, 7) is 26.6. The molecule has 8 nitrogen and oxygen atoms in total. The molecule has 0 radical (unpaired) electrons. The smallest absolute Gasteiger partial charge is 0.224 e. The summed E-state index contributed by atoms with van der Waals surface area (Å²) in [4.78, 5) is 28.5. The minimum atomic E-state index is -0.412. The Morgan fingerprint density at radius 1 is 0.667 bits per heavy atom. The maximum absolute atomic E-state index is 13.8. The maximum Gasteiger partial charge on any atom is 0.224 e. The number of nitrogens with zero attached hydrogens (tertiary/aromatic N) is 1. The first-order valence-corrected chi connectivity index (χ1v) is 19.1. The summed E-state index contributed by atoms with van der Waals surface area (Å²) in [6.07, 6.45) is 5.43. The van der Waals surface area contributed by atoms with E-state index in [-0.39, 0.29) is 33.5 Å². The van der Waals surface area contributed by atoms with Crippen LogP contribution in [0.4, 0.5) is 0 Å². The Kier molecular flexibility index (Phi) is 15.6. The van der Waals surface area contributed by atoms with Gasteiger partial charge in [-0.1, -0.05) is 120 Å². The Hall–Kier alpha value is -3.10. The van der Waals surface area contributed by atoms with Gasteiger partial charge in [0.15, 0.2) is 0 Å². The topological polar surface area (TPSA) is 142 Å². The van der Waals surface area contributed by atoms with Crippen molar-refractivity contribution >= 4 is 11.8 Å². The number of carbonyl (C=O) groups is 2. The number of benzene rings is 2. The highest BCUT2D eigenvalue weighted by Crippen LogP contribution is 2.41. The number of phenolic OH excluding ortho intramolecular Hbond substituents is 2. The van der Waals surface area contributed by atoms with Gasteiger partial charge in [-0.2, -0.15) is 0 Å². The van der Waals surface area contributed by atoms with Crippen LogP contribution in [0, 0.1) is 0 Å². The molecule has 2 aromatic carbocycles. The van der Waals surface area contributed by atoms with Crippen LogP contribution >= 0.6 is 0 Å². The van der Waals surface area contributed by atoms with Crippen LogP contribution in [-0.2, 0) is 44.1 Å². The van der Waals surface area contributed by atoms with Gasteiger partial charge in [0.25, 0.3) is 0 Å². The number of aryl methyl sites for hydroxylation is 2. The number of hydrogen-bond acceptors (Lipinski definition) is 6. The zero-order chi connectivity index (χ0) is 38.9. The summed E-state index contributed by atoms with van der Waals surface area (Å²) in [5.41, 5.74) is 17.0. The summed E-state index contributed by atoms with van der Waals surface area (Å²) in [5, 5.41) is 25.2. The SMILES string of the molecule is CC(C)(C)c1cc(CCC(=O)NCCCN(C(=O)CCc2cc(C(C)(C)C)c(O)c(C(C)(C)C)c2)C(N)CCCCCN)cc(C(C)(C)C)c1O. The van der Waals surface area contributed by atoms with E-state index in [4.69, 9.17) is 11.5 Å². The van der Waals surface area contributed by atoms with E-state index >= 15 is 0 Å². The summed E-state index contributed by atoms with van der Waals surface area (Å²) in [6, 6.07) is 8.14. The highest BCUT2D eigenvalue weighted by molar-refractivity contribution is 5.77. The fraction of sp³-hybridized carbons (Fsp3) is 0.674. The molecular weight excluding hydrogens is 636 g/mol. The van der Waals surface area contributed by atoms with Crippen molar-refractivity contribution in [2.75, 3.05) is 19.6 Å². The number of aromatic hydroxyl groups is 2. The van der Waals surface area contributed by atoms with Gasteiger partial charge in [-0.05, 0) is 93.7 Å². The lowest BCUT2D eigenvalue weighted by Gasteiger charge is -2.30. The monoisotopic (exact) mass is 709 g/mol. The number of phenols is 2. The molecule has 2 aromatic rings. The molecule has 2 amide bonds. The average Bonchev–Trinajstić information content (AvgIpc) is 2.99. The van der Waals surface area contributed by atoms with Gasteiger partial charge in [0.2, 0.25) is 11.8 Å². The van der Waals surface area contributed by atoms with Gasteiger partial charge < -0.3 is 31.9 Å². The van der Waals surface area contributed by atoms with E-state index in [1.807, 2.05) is 24.3 Å². The van der Waals surface area contributed by atoms with Gasteiger partial charge in [0.05, 0.1) is 6.17 Å². The third-order valence-corrected chi connectivity index (χ3v) is 9.66. The molecule has 8 heteroatoms. The van der Waals surface area contributed by atoms with E-state index in [0.29, 0.717) is 69.7 Å². The third kappa shape index (κ3) is 13.4. The van der Waals surface area contributed by atoms with E-state index in [1.54, 1.807) is 4.90 Å². The van der Waals surface area contributed by atoms with E-state index in [0.717, 1.165) is 52.6 Å². The lowest BCUT2D eigenvalue weighted by molar-refractivity contribution is -0.133. The second kappa shape index (κ2) is 18.1. The van der Waals surface area contributed by atoms with Crippen molar-refractivity contribution in [2.45, 2.75) is 169 Å². The first kappa shape index (κ1) is 44.1. The molecule has 0 aliphatic heterocycles. The predicted octanol–water partition coefficient (Wildman–Crippen LogP) is 7.99. The molecule has 1 atom stereocenters. The van der Waals surface area contributed by atoms with Crippen LogP contribution in [0.2, 0.25) is 0 Å². The van der Waals surface area contributed by atoms with Crippen LogP contribution in [0.1, 0.15) is 161 Å². The van der Waals surface area contributed by atoms with Crippen molar-refractivity contribution in [3.05, 3.63) is 57.6 Å². The van der Waals surface area contributed by atoms with E-state index < -0.39 is 6.17 Å². The molecule has 0 saturated carbocycles. The Labute approximate surface area is 310 Å². The van der Waals surface area contributed by atoms with E-state index in [2.05, 4.69) is 88.4 Å². The van der Waals surface area contributed by atoms with Crippen molar-refractivity contribution < 1.29 is 19.8 Å². The zero-order valence-corrected chi connectivity index (χ0v) is 34.2. The summed E-state index contributed by atoms with van der Waals surface area (Å²) in [7, 11) is 0. The molecule has 0 fully saturated rings. The number of amides is 2. The molecule has 0 aliphatic carbocycles. The van der Waals surface area contributed by atoms with Crippen LogP contribution in [0.25, 0.3) is 0 Å². The highest BCUT2D eigenvalue weighted by atomic mass is 16.3. The Morgan fingerprint density at radius 2 is 1.08 bits per heavy atom. The number of hydrogen-bond donors (Lipinski definition) is 5. The van der Waals surface area contributed by atoms with Crippen LogP contribution in [0.3, 0.4) is 0 Å². The number of nitrogens with one attached hydrogen (secondary N) is 1. The van der Waals surface area contributed by atoms with Gasteiger partial charge in [-0.3, -0.25) is 9.59 Å². The molecule has 0 saturated heterocycles. The first-order valence-electron chi connectivity index (χ1n) is 19.1. The van der Waals surface area contributed by atoms with E-state index in [9.17, 15) is 19.8 Å². The second-order valence-corrected chi connectivity index (χ2v) is 18.6. The van der Waals surface area contributed by atoms with Crippen LogP contribution in [0.5, 0.6) is 11.5 Å². The van der Waals surface area contributed by atoms with Crippen molar-refractivity contribution in [1.82, 2.24) is 10.2 Å². The second-order valence-electron chi connectivity index (χ2n) is 18.6. The van der Waals surface area contributed by atoms with Crippen LogP contribution in [0.15, 0.2) is 24.3 Å². The lowest BCUT2D eigenvalue weighted by Crippen LogP contribution is -2.47. The standard InChI is InChI=1S/C43H72N4O4/c1-40(2,3)31-25-29(26-32(38(31)50)41(4,5)6)18-20-36(48)46-23-16-24-47(35(45)17-14-13-15-22-44)37(49)21-19-30-27-33(42(7,8)9)39(51)34(28-30)43(10,11)12/h25-28,35,50-51H,13-24,44-45H2,1-12H3,(H,46,48). The fourth-order valence-electron chi connectivity index (χ4n) is 6.49. The molecule has 1 unspecified atom stereocenters. The zero-order valence-electron chi connectivity index (χ0n) is 34.2. The molecule has 0 heterocycles. The van der Waals surface area contributed by atoms with Gasteiger partial charge in [-0.25, -0.2) is 0 Å². The molecule has 0 spiro atoms. The Morgan fingerprint density at radius 3 is 1.47 bits per heavy atom. The molecule has 51 heavy (non-hydrogen) atoms. The number of nitrogens with two attached hydrogens (primary N) is 2. The third-order valence-electron chi connectivity index (χ3n) is 9.66. The highest BCUT2D eigenvalue weighted by Gasteiger charge is 2.28. The van der Waals surface area contributed by atoms with Crippen molar-refractivity contribution in [2.24, 2.45) is 11.5 Å². The molecule has 288 valence electrons. The molecule has 0 aliphatic rings.